The SMILES string of the molecule is C[C@@H](OC(=O)Nc1c(Cl)csc1-c1ccc(-c2ccc(C3(C(=O)O)CC3)cc2)cc1)c1ccccc1Cl. The molecule has 0 saturated heterocycles. The summed E-state index contributed by atoms with van der Waals surface area (Å²) in [6.07, 6.45) is 0.205. The number of nitrogens with one attached hydrogen (secondary N) is 1. The van der Waals surface area contributed by atoms with Crippen LogP contribution in [0.25, 0.3) is 21.6 Å². The summed E-state index contributed by atoms with van der Waals surface area (Å²) < 4.78 is 5.54. The minimum atomic E-state index is -0.758. The van der Waals surface area contributed by atoms with E-state index >= 15 is 0 Å². The molecule has 0 radical (unpaired) electrons. The third-order valence-electron chi connectivity index (χ3n) is 6.68. The highest BCUT2D eigenvalue weighted by Gasteiger charge is 2.51. The van der Waals surface area contributed by atoms with Crippen molar-refractivity contribution in [2.75, 3.05) is 5.32 Å². The molecule has 1 fully saturated rings. The number of benzene rings is 3. The van der Waals surface area contributed by atoms with Crippen LogP contribution in [0.15, 0.2) is 78.2 Å². The standard InChI is InChI=1S/C29H23Cl2NO4S/c1-17(22-4-2-3-5-23(22)30)36-28(35)32-25-24(31)16-37-26(25)20-8-6-18(7-9-20)19-10-12-21(13-11-19)29(14-15-29)27(33)34/h2-13,16-17H,14-15H2,1H3,(H,32,35)(H,33,34)/t17-/m1/s1. The quantitative estimate of drug-likeness (QED) is 0.240. The van der Waals surface area contributed by atoms with Gasteiger partial charge in [0, 0.05) is 16.0 Å². The maximum absolute atomic E-state index is 12.7. The number of thiophene rings is 1. The molecule has 37 heavy (non-hydrogen) atoms. The van der Waals surface area contributed by atoms with E-state index in [0.717, 1.165) is 32.7 Å². The van der Waals surface area contributed by atoms with Gasteiger partial charge in [-0.15, -0.1) is 11.3 Å². The van der Waals surface area contributed by atoms with Gasteiger partial charge in [-0.1, -0.05) is 89.9 Å². The summed E-state index contributed by atoms with van der Waals surface area (Å²) >= 11 is 14.0. The molecule has 5 nitrogen and oxygen atoms in total. The summed E-state index contributed by atoms with van der Waals surface area (Å²) in [5.41, 5.74) is 4.24. The van der Waals surface area contributed by atoms with E-state index in [9.17, 15) is 14.7 Å². The maximum Gasteiger partial charge on any atom is 0.412 e. The summed E-state index contributed by atoms with van der Waals surface area (Å²) in [5, 5.41) is 15.0. The predicted octanol–water partition coefficient (Wildman–Crippen LogP) is 8.81. The molecule has 2 N–H and O–H groups in total. The highest BCUT2D eigenvalue weighted by Crippen LogP contribution is 2.48. The highest BCUT2D eigenvalue weighted by atomic mass is 35.5. The molecule has 1 aromatic heterocycles. The number of carboxylic acids is 1. The van der Waals surface area contributed by atoms with Crippen LogP contribution in [0.2, 0.25) is 10.0 Å². The zero-order valence-corrected chi connectivity index (χ0v) is 22.2. The highest BCUT2D eigenvalue weighted by molar-refractivity contribution is 7.15. The smallest absolute Gasteiger partial charge is 0.412 e. The van der Waals surface area contributed by atoms with Gasteiger partial charge in [0.2, 0.25) is 0 Å². The third-order valence-corrected chi connectivity index (χ3v) is 8.48. The molecular weight excluding hydrogens is 529 g/mol. The lowest BCUT2D eigenvalue weighted by molar-refractivity contribution is -0.140. The predicted molar refractivity (Wildman–Crippen MR) is 149 cm³/mol. The Bertz CT molecular complexity index is 1460. The van der Waals surface area contributed by atoms with Gasteiger partial charge in [-0.25, -0.2) is 4.79 Å². The Labute approximate surface area is 228 Å². The Morgan fingerprint density at radius 3 is 2.11 bits per heavy atom. The van der Waals surface area contributed by atoms with Crippen LogP contribution in [0.3, 0.4) is 0 Å². The molecule has 0 bridgehead atoms. The molecule has 8 heteroatoms. The topological polar surface area (TPSA) is 75.6 Å². The maximum atomic E-state index is 12.7. The molecule has 1 saturated carbocycles. The number of halogens is 2. The fourth-order valence-electron chi connectivity index (χ4n) is 4.37. The molecule has 0 unspecified atom stereocenters. The fraction of sp³-hybridized carbons (Fsp3) is 0.172. The van der Waals surface area contributed by atoms with Crippen molar-refractivity contribution in [2.45, 2.75) is 31.3 Å². The van der Waals surface area contributed by atoms with Crippen LogP contribution in [-0.4, -0.2) is 17.2 Å². The van der Waals surface area contributed by atoms with Crippen molar-refractivity contribution in [3.05, 3.63) is 99.3 Å². The van der Waals surface area contributed by atoms with Gasteiger partial charge in [-0.2, -0.15) is 0 Å². The van der Waals surface area contributed by atoms with E-state index in [1.807, 2.05) is 66.7 Å². The number of hydrogen-bond acceptors (Lipinski definition) is 4. The van der Waals surface area contributed by atoms with Crippen LogP contribution in [0, 0.1) is 0 Å². The Morgan fingerprint density at radius 2 is 1.51 bits per heavy atom. The lowest BCUT2D eigenvalue weighted by Crippen LogP contribution is -2.19. The molecule has 1 heterocycles. The van der Waals surface area contributed by atoms with Gasteiger partial charge in [-0.05, 0) is 48.1 Å². The summed E-state index contributed by atoms with van der Waals surface area (Å²) in [4.78, 5) is 25.1. The number of aliphatic carboxylic acids is 1. The Kier molecular flexibility index (Phi) is 6.99. The number of hydrogen-bond donors (Lipinski definition) is 2. The van der Waals surface area contributed by atoms with E-state index in [-0.39, 0.29) is 0 Å². The molecule has 5 rings (SSSR count). The van der Waals surface area contributed by atoms with Gasteiger partial charge in [0.05, 0.1) is 21.0 Å². The monoisotopic (exact) mass is 551 g/mol. The average Bonchev–Trinajstić information content (AvgIpc) is 3.64. The van der Waals surface area contributed by atoms with Gasteiger partial charge >= 0.3 is 12.1 Å². The molecule has 1 amide bonds. The Balaban J connectivity index is 1.30. The number of ether oxygens (including phenoxy) is 1. The van der Waals surface area contributed by atoms with Crippen LogP contribution in [0.1, 0.15) is 37.0 Å². The summed E-state index contributed by atoms with van der Waals surface area (Å²) in [6, 6.07) is 22.9. The van der Waals surface area contributed by atoms with Crippen LogP contribution in [0.4, 0.5) is 10.5 Å². The zero-order chi connectivity index (χ0) is 26.2. The number of rotatable bonds is 7. The van der Waals surface area contributed by atoms with E-state index in [1.165, 1.54) is 11.3 Å². The van der Waals surface area contributed by atoms with Crippen molar-refractivity contribution in [2.24, 2.45) is 0 Å². The number of anilines is 1. The second-order valence-electron chi connectivity index (χ2n) is 9.02. The lowest BCUT2D eigenvalue weighted by atomic mass is 9.93. The van der Waals surface area contributed by atoms with Crippen LogP contribution in [0.5, 0.6) is 0 Å². The first-order valence-electron chi connectivity index (χ1n) is 11.7. The normalized spacial score (nSPS) is 14.6. The summed E-state index contributed by atoms with van der Waals surface area (Å²) in [7, 11) is 0. The fourth-order valence-corrected chi connectivity index (χ4v) is 5.88. The second-order valence-corrected chi connectivity index (χ2v) is 10.7. The number of amides is 1. The molecule has 0 spiro atoms. The second kappa shape index (κ2) is 10.2. The molecule has 0 aliphatic heterocycles. The van der Waals surface area contributed by atoms with Crippen LogP contribution in [-0.2, 0) is 14.9 Å². The average molecular weight is 552 g/mol. The molecule has 4 aromatic rings. The minimum Gasteiger partial charge on any atom is -0.481 e. The summed E-state index contributed by atoms with van der Waals surface area (Å²) in [6.45, 7) is 1.76. The van der Waals surface area contributed by atoms with Gasteiger partial charge in [0.25, 0.3) is 0 Å². The first-order valence-corrected chi connectivity index (χ1v) is 13.4. The molecular formula is C29H23Cl2NO4S. The van der Waals surface area contributed by atoms with Gasteiger partial charge in [-0.3, -0.25) is 10.1 Å². The molecule has 1 aliphatic carbocycles. The first-order chi connectivity index (χ1) is 17.8. The van der Waals surface area contributed by atoms with Gasteiger partial charge in [0.1, 0.15) is 6.10 Å². The van der Waals surface area contributed by atoms with Crippen LogP contribution >= 0.6 is 34.5 Å². The van der Waals surface area contributed by atoms with E-state index in [2.05, 4.69) is 5.32 Å². The van der Waals surface area contributed by atoms with Crippen molar-refractivity contribution in [1.29, 1.82) is 0 Å². The molecule has 188 valence electrons. The van der Waals surface area contributed by atoms with E-state index < -0.39 is 23.6 Å². The van der Waals surface area contributed by atoms with Crippen LogP contribution < -0.4 is 5.32 Å². The number of carboxylic acid groups (broad SMARTS) is 1. The minimum absolute atomic E-state index is 0.425. The van der Waals surface area contributed by atoms with Gasteiger partial charge in [0.15, 0.2) is 0 Å². The van der Waals surface area contributed by atoms with E-state index in [4.69, 9.17) is 27.9 Å². The Hall–Kier alpha value is -3.32. The van der Waals surface area contributed by atoms with Crippen molar-refractivity contribution >= 4 is 52.3 Å². The molecule has 1 atom stereocenters. The first kappa shape index (κ1) is 25.3. The van der Waals surface area contributed by atoms with Crippen molar-refractivity contribution in [3.63, 3.8) is 0 Å². The lowest BCUT2D eigenvalue weighted by Gasteiger charge is -2.16. The summed E-state index contributed by atoms with van der Waals surface area (Å²) in [5.74, 6) is -0.758. The van der Waals surface area contributed by atoms with E-state index in [0.29, 0.717) is 28.6 Å². The number of carbonyl (C=O) groups is 2. The number of carbonyl (C=O) groups excluding carboxylic acids is 1. The molecule has 3 aromatic carbocycles. The Morgan fingerprint density at radius 1 is 0.919 bits per heavy atom. The molecule has 1 aliphatic rings. The van der Waals surface area contributed by atoms with Crippen molar-refractivity contribution in [1.82, 2.24) is 0 Å². The van der Waals surface area contributed by atoms with Crippen molar-refractivity contribution < 1.29 is 19.4 Å². The van der Waals surface area contributed by atoms with Crippen molar-refractivity contribution in [3.8, 4) is 21.6 Å². The largest absolute Gasteiger partial charge is 0.481 e. The third kappa shape index (κ3) is 5.10. The van der Waals surface area contributed by atoms with Gasteiger partial charge < -0.3 is 9.84 Å². The zero-order valence-electron chi connectivity index (χ0n) is 19.8. The van der Waals surface area contributed by atoms with E-state index in [1.54, 1.807) is 18.4 Å².